The van der Waals surface area contributed by atoms with Crippen molar-refractivity contribution in [2.45, 2.75) is 26.2 Å². The molecule has 0 amide bonds. The van der Waals surface area contributed by atoms with Crippen LogP contribution in [0.1, 0.15) is 42.1 Å². The highest BCUT2D eigenvalue weighted by molar-refractivity contribution is 6.00. The minimum atomic E-state index is -0.126. The molecule has 0 aliphatic carbocycles. The summed E-state index contributed by atoms with van der Waals surface area (Å²) in [7, 11) is 0. The summed E-state index contributed by atoms with van der Waals surface area (Å²) in [6.45, 7) is 4.71. The largest absolute Gasteiger partial charge is 0.494 e. The van der Waals surface area contributed by atoms with Crippen LogP contribution in [0.2, 0.25) is 0 Å². The minimum absolute atomic E-state index is 0.126. The summed E-state index contributed by atoms with van der Waals surface area (Å²) in [5.41, 5.74) is 1.77. The molecule has 0 saturated carbocycles. The number of rotatable bonds is 6. The Morgan fingerprint density at radius 2 is 1.70 bits per heavy atom. The predicted octanol–water partition coefficient (Wildman–Crippen LogP) is 4.46. The molecular weight excluding hydrogens is 248 g/mol. The summed E-state index contributed by atoms with van der Waals surface area (Å²) in [6.07, 6.45) is 0.978. The van der Waals surface area contributed by atoms with Crippen LogP contribution in [0.15, 0.2) is 54.6 Å². The average Bonchev–Trinajstić information content (AvgIpc) is 2.53. The molecule has 2 heteroatoms. The second-order valence-corrected chi connectivity index (χ2v) is 4.87. The van der Waals surface area contributed by atoms with Crippen LogP contribution >= 0.6 is 0 Å². The maximum atomic E-state index is 12.4. The summed E-state index contributed by atoms with van der Waals surface area (Å²) in [5, 5.41) is 0. The van der Waals surface area contributed by atoms with Gasteiger partial charge in [0.15, 0.2) is 5.78 Å². The molecule has 2 rings (SSSR count). The first kappa shape index (κ1) is 14.3. The maximum Gasteiger partial charge on any atom is 0.170 e. The maximum absolute atomic E-state index is 12.4. The van der Waals surface area contributed by atoms with Crippen LogP contribution in [0.25, 0.3) is 0 Å². The van der Waals surface area contributed by atoms with Crippen molar-refractivity contribution in [3.05, 3.63) is 65.7 Å². The van der Waals surface area contributed by atoms with Gasteiger partial charge in [-0.3, -0.25) is 4.79 Å². The van der Waals surface area contributed by atoms with Crippen LogP contribution in [0, 0.1) is 0 Å². The van der Waals surface area contributed by atoms with E-state index >= 15 is 0 Å². The molecule has 104 valence electrons. The number of benzene rings is 2. The Labute approximate surface area is 120 Å². The molecule has 20 heavy (non-hydrogen) atoms. The van der Waals surface area contributed by atoms with Gasteiger partial charge >= 0.3 is 0 Å². The zero-order valence-electron chi connectivity index (χ0n) is 12.0. The molecule has 0 bridgehead atoms. The number of Topliss-reactive ketones (excluding diaryl/α,β-unsaturated/α-hetero) is 1. The lowest BCUT2D eigenvalue weighted by Crippen LogP contribution is -2.09. The van der Waals surface area contributed by atoms with Gasteiger partial charge in [-0.15, -0.1) is 0 Å². The number of ketones is 1. The van der Waals surface area contributed by atoms with Crippen molar-refractivity contribution in [2.75, 3.05) is 6.61 Å². The molecular formula is C18H20O2. The first-order valence-corrected chi connectivity index (χ1v) is 7.04. The fourth-order valence-corrected chi connectivity index (χ4v) is 2.08. The molecule has 0 spiro atoms. The molecule has 0 aromatic heterocycles. The van der Waals surface area contributed by atoms with Gasteiger partial charge in [0.05, 0.1) is 6.61 Å². The number of hydrogen-bond acceptors (Lipinski definition) is 2. The smallest absolute Gasteiger partial charge is 0.170 e. The van der Waals surface area contributed by atoms with Crippen molar-refractivity contribution in [1.82, 2.24) is 0 Å². The van der Waals surface area contributed by atoms with Gasteiger partial charge in [0.1, 0.15) is 5.75 Å². The summed E-state index contributed by atoms with van der Waals surface area (Å²) in [4.78, 5) is 12.4. The average molecular weight is 268 g/mol. The van der Waals surface area contributed by atoms with Gasteiger partial charge in [0.2, 0.25) is 0 Å². The van der Waals surface area contributed by atoms with E-state index < -0.39 is 0 Å². The third-order valence-corrected chi connectivity index (χ3v) is 3.30. The lowest BCUT2D eigenvalue weighted by atomic mass is 9.92. The summed E-state index contributed by atoms with van der Waals surface area (Å²) >= 11 is 0. The van der Waals surface area contributed by atoms with Crippen LogP contribution in [-0.2, 0) is 0 Å². The molecule has 0 heterocycles. The van der Waals surface area contributed by atoms with Gasteiger partial charge in [0.25, 0.3) is 0 Å². The quantitative estimate of drug-likeness (QED) is 0.723. The summed E-state index contributed by atoms with van der Waals surface area (Å²) in [5.74, 6) is 0.826. The van der Waals surface area contributed by atoms with Crippen LogP contribution < -0.4 is 4.74 Å². The summed E-state index contributed by atoms with van der Waals surface area (Å²) in [6, 6.07) is 17.3. The van der Waals surface area contributed by atoms with Crippen molar-refractivity contribution in [1.29, 1.82) is 0 Å². The van der Waals surface area contributed by atoms with E-state index in [0.29, 0.717) is 6.61 Å². The number of hydrogen-bond donors (Lipinski definition) is 0. The van der Waals surface area contributed by atoms with Gasteiger partial charge < -0.3 is 4.74 Å². The third-order valence-electron chi connectivity index (χ3n) is 3.30. The number of ether oxygens (including phenoxy) is 1. The van der Waals surface area contributed by atoms with E-state index in [1.54, 1.807) is 0 Å². The molecule has 2 aromatic rings. The first-order valence-electron chi connectivity index (χ1n) is 7.04. The molecule has 2 nitrogen and oxygen atoms in total. The molecule has 0 aliphatic heterocycles. The van der Waals surface area contributed by atoms with E-state index in [1.807, 2.05) is 61.5 Å². The SMILES string of the molecule is CCCOc1ccc(C(=O)C(C)c2ccccc2)cc1. The Morgan fingerprint density at radius 3 is 2.30 bits per heavy atom. The van der Waals surface area contributed by atoms with Crippen molar-refractivity contribution >= 4 is 5.78 Å². The predicted molar refractivity (Wildman–Crippen MR) is 81.4 cm³/mol. The number of carbonyl (C=O) groups is 1. The van der Waals surface area contributed by atoms with E-state index in [2.05, 4.69) is 6.92 Å². The lowest BCUT2D eigenvalue weighted by molar-refractivity contribution is 0.0966. The van der Waals surface area contributed by atoms with Gasteiger partial charge in [-0.25, -0.2) is 0 Å². The van der Waals surface area contributed by atoms with E-state index in [4.69, 9.17) is 4.74 Å². The van der Waals surface area contributed by atoms with Gasteiger partial charge in [-0.1, -0.05) is 44.2 Å². The number of carbonyl (C=O) groups excluding carboxylic acids is 1. The zero-order valence-corrected chi connectivity index (χ0v) is 12.0. The minimum Gasteiger partial charge on any atom is -0.494 e. The standard InChI is InChI=1S/C18H20O2/c1-3-13-20-17-11-9-16(10-12-17)18(19)14(2)15-7-5-4-6-8-15/h4-12,14H,3,13H2,1-2H3. The molecule has 2 aromatic carbocycles. The van der Waals surface area contributed by atoms with Crippen molar-refractivity contribution in [3.63, 3.8) is 0 Å². The zero-order chi connectivity index (χ0) is 14.4. The molecule has 0 N–H and O–H groups in total. The Kier molecular flexibility index (Phi) is 4.94. The van der Waals surface area contributed by atoms with E-state index in [1.165, 1.54) is 0 Å². The highest BCUT2D eigenvalue weighted by atomic mass is 16.5. The second kappa shape index (κ2) is 6.90. The fourth-order valence-electron chi connectivity index (χ4n) is 2.08. The molecule has 0 saturated heterocycles. The fraction of sp³-hybridized carbons (Fsp3) is 0.278. The van der Waals surface area contributed by atoms with Gasteiger partial charge in [0, 0.05) is 11.5 Å². The second-order valence-electron chi connectivity index (χ2n) is 4.87. The molecule has 0 fully saturated rings. The normalized spacial score (nSPS) is 11.9. The van der Waals surface area contributed by atoms with Crippen molar-refractivity contribution in [2.24, 2.45) is 0 Å². The lowest BCUT2D eigenvalue weighted by Gasteiger charge is -2.11. The van der Waals surface area contributed by atoms with Crippen LogP contribution in [-0.4, -0.2) is 12.4 Å². The highest BCUT2D eigenvalue weighted by Crippen LogP contribution is 2.21. The Balaban J connectivity index is 2.09. The third kappa shape index (κ3) is 3.47. The Bertz CT molecular complexity index is 543. The van der Waals surface area contributed by atoms with Crippen LogP contribution in [0.4, 0.5) is 0 Å². The van der Waals surface area contributed by atoms with Crippen LogP contribution in [0.3, 0.4) is 0 Å². The van der Waals surface area contributed by atoms with Gasteiger partial charge in [-0.2, -0.15) is 0 Å². The molecule has 1 atom stereocenters. The van der Waals surface area contributed by atoms with Gasteiger partial charge in [-0.05, 0) is 36.2 Å². The Hall–Kier alpha value is -2.09. The molecule has 0 radical (unpaired) electrons. The molecule has 0 aliphatic rings. The highest BCUT2D eigenvalue weighted by Gasteiger charge is 2.16. The summed E-state index contributed by atoms with van der Waals surface area (Å²) < 4.78 is 5.52. The van der Waals surface area contributed by atoms with Crippen LogP contribution in [0.5, 0.6) is 5.75 Å². The monoisotopic (exact) mass is 268 g/mol. The van der Waals surface area contributed by atoms with E-state index in [-0.39, 0.29) is 11.7 Å². The Morgan fingerprint density at radius 1 is 1.05 bits per heavy atom. The van der Waals surface area contributed by atoms with Crippen molar-refractivity contribution in [3.8, 4) is 5.75 Å². The van der Waals surface area contributed by atoms with E-state index in [9.17, 15) is 4.79 Å². The van der Waals surface area contributed by atoms with Crippen molar-refractivity contribution < 1.29 is 9.53 Å². The topological polar surface area (TPSA) is 26.3 Å². The first-order chi connectivity index (χ1) is 9.72. The van der Waals surface area contributed by atoms with E-state index in [0.717, 1.165) is 23.3 Å². The molecule has 1 unspecified atom stereocenters.